The Morgan fingerprint density at radius 1 is 1.37 bits per heavy atom. The first kappa shape index (κ1) is 16.6. The fraction of sp³-hybridized carbons (Fsp3) is 0.538. The van der Waals surface area contributed by atoms with Crippen molar-refractivity contribution in [3.05, 3.63) is 28.5 Å². The molecular weight excluding hydrogens is 333 g/mol. The van der Waals surface area contributed by atoms with Crippen LogP contribution in [0.5, 0.6) is 0 Å². The van der Waals surface area contributed by atoms with E-state index >= 15 is 0 Å². The molecule has 0 saturated carbocycles. The van der Waals surface area contributed by atoms with E-state index in [1.807, 2.05) is 27.7 Å². The monoisotopic (exact) mass is 351 g/mol. The maximum absolute atomic E-state index is 13.7. The van der Waals surface area contributed by atoms with Crippen molar-refractivity contribution in [1.82, 2.24) is 4.72 Å². The minimum Gasteiger partial charge on any atom is -0.211 e. The third kappa shape index (κ3) is 4.26. The van der Waals surface area contributed by atoms with Gasteiger partial charge >= 0.3 is 0 Å². The average molecular weight is 352 g/mol. The second kappa shape index (κ2) is 5.89. The molecule has 0 bridgehead atoms. The van der Waals surface area contributed by atoms with Gasteiger partial charge in [0.25, 0.3) is 0 Å². The SMILES string of the molecule is CC(C)C(C)(C)CNS(=O)(=O)c1ccc(Br)cc1F. The lowest BCUT2D eigenvalue weighted by atomic mass is 9.81. The molecule has 1 rings (SSSR count). The van der Waals surface area contributed by atoms with Crippen LogP contribution >= 0.6 is 15.9 Å². The maximum atomic E-state index is 13.7. The van der Waals surface area contributed by atoms with Gasteiger partial charge in [-0.25, -0.2) is 17.5 Å². The third-order valence-corrected chi connectivity index (χ3v) is 5.39. The van der Waals surface area contributed by atoms with Gasteiger partial charge in [0, 0.05) is 11.0 Å². The largest absolute Gasteiger partial charge is 0.243 e. The van der Waals surface area contributed by atoms with Crippen LogP contribution in [-0.2, 0) is 10.0 Å². The highest BCUT2D eigenvalue weighted by atomic mass is 79.9. The molecule has 0 heterocycles. The molecule has 3 nitrogen and oxygen atoms in total. The molecule has 0 spiro atoms. The van der Waals surface area contributed by atoms with Crippen LogP contribution < -0.4 is 4.72 Å². The van der Waals surface area contributed by atoms with Crippen LogP contribution in [-0.4, -0.2) is 15.0 Å². The first-order valence-corrected chi connectivity index (χ1v) is 8.28. The van der Waals surface area contributed by atoms with Gasteiger partial charge in [-0.15, -0.1) is 0 Å². The third-order valence-electron chi connectivity index (χ3n) is 3.46. The van der Waals surface area contributed by atoms with E-state index in [1.54, 1.807) is 0 Å². The van der Waals surface area contributed by atoms with Crippen LogP contribution in [0.4, 0.5) is 4.39 Å². The van der Waals surface area contributed by atoms with Crippen LogP contribution in [0.25, 0.3) is 0 Å². The maximum Gasteiger partial charge on any atom is 0.243 e. The highest BCUT2D eigenvalue weighted by Gasteiger charge is 2.26. The topological polar surface area (TPSA) is 46.2 Å². The minimum absolute atomic E-state index is 0.196. The Balaban J connectivity index is 2.94. The van der Waals surface area contributed by atoms with Crippen LogP contribution in [0, 0.1) is 17.2 Å². The summed E-state index contributed by atoms with van der Waals surface area (Å²) in [6.07, 6.45) is 0. The molecule has 0 amide bonds. The predicted octanol–water partition coefficient (Wildman–Crippen LogP) is 3.55. The smallest absolute Gasteiger partial charge is 0.211 e. The van der Waals surface area contributed by atoms with Gasteiger partial charge < -0.3 is 0 Å². The number of halogens is 2. The summed E-state index contributed by atoms with van der Waals surface area (Å²) < 4.78 is 40.8. The van der Waals surface area contributed by atoms with Crippen LogP contribution in [0.1, 0.15) is 27.7 Å². The fourth-order valence-corrected chi connectivity index (χ4v) is 2.87. The van der Waals surface area contributed by atoms with Crippen molar-refractivity contribution < 1.29 is 12.8 Å². The van der Waals surface area contributed by atoms with Crippen molar-refractivity contribution in [2.45, 2.75) is 32.6 Å². The van der Waals surface area contributed by atoms with Gasteiger partial charge in [-0.3, -0.25) is 0 Å². The standard InChI is InChI=1S/C13H19BrFNO2S/c1-9(2)13(3,4)8-16-19(17,18)12-6-5-10(14)7-11(12)15/h5-7,9,16H,8H2,1-4H3. The van der Waals surface area contributed by atoms with Crippen LogP contribution in [0.3, 0.4) is 0 Å². The molecule has 0 aliphatic heterocycles. The molecule has 0 saturated heterocycles. The van der Waals surface area contributed by atoms with Gasteiger partial charge in [0.05, 0.1) is 0 Å². The van der Waals surface area contributed by atoms with Crippen molar-refractivity contribution in [2.24, 2.45) is 11.3 Å². The molecule has 0 aliphatic carbocycles. The molecule has 0 aromatic heterocycles. The first-order chi connectivity index (χ1) is 8.56. The Morgan fingerprint density at radius 2 is 1.95 bits per heavy atom. The highest BCUT2D eigenvalue weighted by molar-refractivity contribution is 9.10. The summed E-state index contributed by atoms with van der Waals surface area (Å²) in [5, 5.41) is 0. The van der Waals surface area contributed by atoms with Crippen molar-refractivity contribution >= 4 is 26.0 Å². The zero-order valence-corrected chi connectivity index (χ0v) is 13.9. The van der Waals surface area contributed by atoms with Crippen LogP contribution in [0.2, 0.25) is 0 Å². The molecule has 19 heavy (non-hydrogen) atoms. The predicted molar refractivity (Wildman–Crippen MR) is 77.9 cm³/mol. The molecule has 0 aliphatic rings. The van der Waals surface area contributed by atoms with Crippen molar-refractivity contribution in [3.63, 3.8) is 0 Å². The van der Waals surface area contributed by atoms with E-state index in [-0.39, 0.29) is 16.9 Å². The summed E-state index contributed by atoms with van der Waals surface area (Å²) in [6.45, 7) is 8.25. The molecule has 1 N–H and O–H groups in total. The molecule has 0 atom stereocenters. The lowest BCUT2D eigenvalue weighted by Crippen LogP contribution is -2.37. The van der Waals surface area contributed by atoms with Gasteiger partial charge in [-0.05, 0) is 29.5 Å². The second-order valence-electron chi connectivity index (χ2n) is 5.54. The Labute approximate surface area is 122 Å². The summed E-state index contributed by atoms with van der Waals surface area (Å²) in [6, 6.07) is 3.90. The number of benzene rings is 1. The van der Waals surface area contributed by atoms with E-state index in [0.29, 0.717) is 10.4 Å². The lowest BCUT2D eigenvalue weighted by molar-refractivity contribution is 0.252. The summed E-state index contributed by atoms with van der Waals surface area (Å²) >= 11 is 3.10. The number of sulfonamides is 1. The molecule has 108 valence electrons. The van der Waals surface area contributed by atoms with Gasteiger partial charge in [-0.1, -0.05) is 43.6 Å². The Hall–Kier alpha value is -0.460. The summed E-state index contributed by atoms with van der Waals surface area (Å²) in [5.74, 6) is -0.450. The van der Waals surface area contributed by atoms with Crippen molar-refractivity contribution in [2.75, 3.05) is 6.54 Å². The summed E-state index contributed by atoms with van der Waals surface area (Å²) in [4.78, 5) is -0.324. The summed E-state index contributed by atoms with van der Waals surface area (Å²) in [5.41, 5.74) is -0.196. The number of hydrogen-bond donors (Lipinski definition) is 1. The van der Waals surface area contributed by atoms with E-state index in [9.17, 15) is 12.8 Å². The van der Waals surface area contributed by atoms with E-state index < -0.39 is 15.8 Å². The number of nitrogens with one attached hydrogen (secondary N) is 1. The van der Waals surface area contributed by atoms with Gasteiger partial charge in [-0.2, -0.15) is 0 Å². The van der Waals surface area contributed by atoms with E-state index in [4.69, 9.17) is 0 Å². The van der Waals surface area contributed by atoms with Gasteiger partial charge in [0.1, 0.15) is 10.7 Å². The molecule has 1 aromatic carbocycles. The molecule has 0 radical (unpaired) electrons. The Bertz CT molecular complexity index is 556. The number of rotatable bonds is 5. The van der Waals surface area contributed by atoms with Crippen molar-refractivity contribution in [1.29, 1.82) is 0 Å². The van der Waals surface area contributed by atoms with Crippen molar-refractivity contribution in [3.8, 4) is 0 Å². The van der Waals surface area contributed by atoms with Gasteiger partial charge in [0.15, 0.2) is 0 Å². The first-order valence-electron chi connectivity index (χ1n) is 6.01. The average Bonchev–Trinajstić information content (AvgIpc) is 2.26. The lowest BCUT2D eigenvalue weighted by Gasteiger charge is -2.29. The van der Waals surface area contributed by atoms with Crippen LogP contribution in [0.15, 0.2) is 27.6 Å². The molecular formula is C13H19BrFNO2S. The van der Waals surface area contributed by atoms with E-state index in [1.165, 1.54) is 12.1 Å². The zero-order chi connectivity index (χ0) is 14.8. The molecule has 0 unspecified atom stereocenters. The minimum atomic E-state index is -3.82. The highest BCUT2D eigenvalue weighted by Crippen LogP contribution is 2.26. The Kier molecular flexibility index (Phi) is 5.15. The zero-order valence-electron chi connectivity index (χ0n) is 11.5. The molecule has 0 fully saturated rings. The van der Waals surface area contributed by atoms with E-state index in [2.05, 4.69) is 20.7 Å². The second-order valence-corrected chi connectivity index (χ2v) is 8.19. The van der Waals surface area contributed by atoms with Gasteiger partial charge in [0.2, 0.25) is 10.0 Å². The quantitative estimate of drug-likeness (QED) is 0.881. The molecule has 1 aromatic rings. The Morgan fingerprint density at radius 3 is 2.42 bits per heavy atom. The normalized spacial score (nSPS) is 13.0. The van der Waals surface area contributed by atoms with E-state index in [0.717, 1.165) is 6.07 Å². The molecule has 6 heteroatoms. The number of hydrogen-bond acceptors (Lipinski definition) is 2. The summed E-state index contributed by atoms with van der Waals surface area (Å²) in [7, 11) is -3.82. The fourth-order valence-electron chi connectivity index (χ4n) is 1.26.